The van der Waals surface area contributed by atoms with Crippen LogP contribution in [0.15, 0.2) is 17.1 Å². The van der Waals surface area contributed by atoms with Gasteiger partial charge in [-0.15, -0.1) is 6.42 Å². The molecule has 1 aliphatic rings. The van der Waals surface area contributed by atoms with Gasteiger partial charge in [0, 0.05) is 25.6 Å². The van der Waals surface area contributed by atoms with Gasteiger partial charge in [-0.25, -0.2) is 0 Å². The molecule has 6 heteroatoms. The maximum Gasteiger partial charge on any atom is 0.266 e. The van der Waals surface area contributed by atoms with Crippen molar-refractivity contribution in [1.29, 1.82) is 0 Å². The summed E-state index contributed by atoms with van der Waals surface area (Å²) < 4.78 is 5.60. The minimum atomic E-state index is -0.698. The minimum absolute atomic E-state index is 0.157. The number of H-pyrrole nitrogens is 1. The number of pyridine rings is 2. The summed E-state index contributed by atoms with van der Waals surface area (Å²) in [4.78, 5) is 21.5. The molecule has 3 rings (SSSR count). The van der Waals surface area contributed by atoms with E-state index in [1.165, 1.54) is 0 Å². The molecule has 2 aromatic rings. The normalized spacial score (nSPS) is 18.1. The molecule has 25 heavy (non-hydrogen) atoms. The first-order valence-corrected chi connectivity index (χ1v) is 8.39. The number of hydrogen-bond acceptors (Lipinski definition) is 5. The number of anilines is 1. The Kier molecular flexibility index (Phi) is 4.55. The van der Waals surface area contributed by atoms with Crippen LogP contribution in [-0.4, -0.2) is 40.9 Å². The van der Waals surface area contributed by atoms with Crippen LogP contribution in [0.4, 0.5) is 5.69 Å². The highest BCUT2D eigenvalue weighted by molar-refractivity contribution is 5.94. The van der Waals surface area contributed by atoms with Crippen LogP contribution in [0.1, 0.15) is 44.1 Å². The van der Waals surface area contributed by atoms with Crippen molar-refractivity contribution in [2.45, 2.75) is 38.4 Å². The van der Waals surface area contributed by atoms with Crippen molar-refractivity contribution in [3.63, 3.8) is 0 Å². The number of terminal acetylenes is 1. The highest BCUT2D eigenvalue weighted by Crippen LogP contribution is 2.33. The van der Waals surface area contributed by atoms with Gasteiger partial charge in [0.05, 0.1) is 34.8 Å². The van der Waals surface area contributed by atoms with E-state index in [1.54, 1.807) is 26.3 Å². The molecule has 132 valence electrons. The second-order valence-electron chi connectivity index (χ2n) is 6.79. The molecule has 1 unspecified atom stereocenters. The van der Waals surface area contributed by atoms with Crippen LogP contribution in [-0.2, 0) is 4.74 Å². The molecule has 1 aliphatic heterocycles. The van der Waals surface area contributed by atoms with E-state index in [0.717, 1.165) is 37.0 Å². The summed E-state index contributed by atoms with van der Waals surface area (Å²) in [5, 5.41) is 10.7. The zero-order chi connectivity index (χ0) is 18.2. The van der Waals surface area contributed by atoms with Crippen molar-refractivity contribution >= 4 is 16.6 Å². The monoisotopic (exact) mass is 341 g/mol. The number of methoxy groups -OCH3 is 1. The van der Waals surface area contributed by atoms with Gasteiger partial charge in [-0.3, -0.25) is 9.78 Å². The summed E-state index contributed by atoms with van der Waals surface area (Å²) in [6, 6.07) is 1.80. The number of fused-ring (bicyclic) bond motifs is 1. The molecular weight excluding hydrogens is 318 g/mol. The van der Waals surface area contributed by atoms with Crippen molar-refractivity contribution in [2.24, 2.45) is 0 Å². The van der Waals surface area contributed by atoms with E-state index in [-0.39, 0.29) is 11.2 Å². The fraction of sp³-hybridized carbons (Fsp3) is 0.474. The fourth-order valence-corrected chi connectivity index (χ4v) is 3.29. The van der Waals surface area contributed by atoms with Crippen molar-refractivity contribution < 1.29 is 9.84 Å². The van der Waals surface area contributed by atoms with E-state index in [0.29, 0.717) is 16.8 Å². The molecule has 0 spiro atoms. The summed E-state index contributed by atoms with van der Waals surface area (Å²) >= 11 is 0. The second-order valence-corrected chi connectivity index (χ2v) is 6.79. The second kappa shape index (κ2) is 6.51. The van der Waals surface area contributed by atoms with Gasteiger partial charge in [-0.1, -0.05) is 5.92 Å². The smallest absolute Gasteiger partial charge is 0.266 e. The standard InChI is InChI=1S/C19H23N3O3/c1-5-13-17(22-8-6-19(3,25-4)7-9-22)14-10-15(12(2)23)20-11-16(14)21-18(13)24/h1,10-12,23H,6-9H2,2-4H3,(H,21,24). The molecule has 2 N–H and O–H groups in total. The molecular formula is C19H23N3O3. The number of piperidine rings is 1. The summed E-state index contributed by atoms with van der Waals surface area (Å²) in [5.41, 5.74) is 1.76. The Hall–Kier alpha value is -2.36. The molecule has 0 aromatic carbocycles. The van der Waals surface area contributed by atoms with E-state index in [2.05, 4.69) is 27.7 Å². The minimum Gasteiger partial charge on any atom is -0.387 e. The Balaban J connectivity index is 2.16. The van der Waals surface area contributed by atoms with Gasteiger partial charge in [-0.2, -0.15) is 0 Å². The van der Waals surface area contributed by atoms with E-state index < -0.39 is 6.10 Å². The third-order valence-corrected chi connectivity index (χ3v) is 5.09. The van der Waals surface area contributed by atoms with Crippen LogP contribution in [0, 0.1) is 12.3 Å². The highest BCUT2D eigenvalue weighted by atomic mass is 16.5. The summed E-state index contributed by atoms with van der Waals surface area (Å²) in [6.45, 7) is 5.23. The first-order valence-electron chi connectivity index (χ1n) is 8.39. The fourth-order valence-electron chi connectivity index (χ4n) is 3.29. The maximum atomic E-state index is 12.4. The van der Waals surface area contributed by atoms with Crippen LogP contribution in [0.5, 0.6) is 0 Å². The van der Waals surface area contributed by atoms with Gasteiger partial charge in [0.2, 0.25) is 0 Å². The molecule has 0 radical (unpaired) electrons. The molecule has 1 atom stereocenters. The first-order chi connectivity index (χ1) is 11.9. The average Bonchev–Trinajstić information content (AvgIpc) is 2.61. The molecule has 3 heterocycles. The van der Waals surface area contributed by atoms with E-state index in [1.807, 2.05) is 0 Å². The van der Waals surface area contributed by atoms with Crippen molar-refractivity contribution in [1.82, 2.24) is 9.97 Å². The first kappa shape index (κ1) is 17.5. The number of aliphatic hydroxyl groups is 1. The Morgan fingerprint density at radius 2 is 2.16 bits per heavy atom. The SMILES string of the molecule is C#Cc1c(N2CCC(C)(OC)CC2)c2cc(C(C)O)ncc2[nH]c1=O. The van der Waals surface area contributed by atoms with Crippen LogP contribution >= 0.6 is 0 Å². The zero-order valence-corrected chi connectivity index (χ0v) is 14.8. The zero-order valence-electron chi connectivity index (χ0n) is 14.8. The molecule has 0 bridgehead atoms. The lowest BCUT2D eigenvalue weighted by atomic mass is 9.92. The van der Waals surface area contributed by atoms with Crippen LogP contribution in [0.2, 0.25) is 0 Å². The quantitative estimate of drug-likeness (QED) is 0.835. The molecule has 6 nitrogen and oxygen atoms in total. The number of aromatic nitrogens is 2. The van der Waals surface area contributed by atoms with Gasteiger partial charge in [0.1, 0.15) is 5.56 Å². The van der Waals surface area contributed by atoms with E-state index >= 15 is 0 Å². The van der Waals surface area contributed by atoms with Gasteiger partial charge < -0.3 is 19.7 Å². The Bertz CT molecular complexity index is 887. The summed E-state index contributed by atoms with van der Waals surface area (Å²) in [5.74, 6) is 2.54. The largest absolute Gasteiger partial charge is 0.387 e. The van der Waals surface area contributed by atoms with Crippen molar-refractivity contribution in [3.8, 4) is 12.3 Å². The Morgan fingerprint density at radius 1 is 1.48 bits per heavy atom. The number of hydrogen-bond donors (Lipinski definition) is 2. The third-order valence-electron chi connectivity index (χ3n) is 5.09. The predicted molar refractivity (Wildman–Crippen MR) is 97.8 cm³/mol. The predicted octanol–water partition coefficient (Wildman–Crippen LogP) is 1.96. The lowest BCUT2D eigenvalue weighted by molar-refractivity contribution is -0.0132. The van der Waals surface area contributed by atoms with Crippen molar-refractivity contribution in [2.75, 3.05) is 25.1 Å². The highest BCUT2D eigenvalue weighted by Gasteiger charge is 2.31. The van der Waals surface area contributed by atoms with Gasteiger partial charge in [0.15, 0.2) is 0 Å². The number of aliphatic hydroxyl groups excluding tert-OH is 1. The number of nitrogens with zero attached hydrogens (tertiary/aromatic N) is 2. The number of ether oxygens (including phenoxy) is 1. The molecule has 2 aromatic heterocycles. The van der Waals surface area contributed by atoms with Crippen LogP contribution in [0.3, 0.4) is 0 Å². The molecule has 1 fully saturated rings. The molecule has 1 saturated heterocycles. The van der Waals surface area contributed by atoms with E-state index in [4.69, 9.17) is 11.2 Å². The van der Waals surface area contributed by atoms with Gasteiger partial charge >= 0.3 is 0 Å². The molecule has 0 saturated carbocycles. The molecule has 0 aliphatic carbocycles. The lowest BCUT2D eigenvalue weighted by Crippen LogP contribution is -2.44. The summed E-state index contributed by atoms with van der Waals surface area (Å²) in [6.07, 6.45) is 8.20. The maximum absolute atomic E-state index is 12.4. The average molecular weight is 341 g/mol. The summed E-state index contributed by atoms with van der Waals surface area (Å²) in [7, 11) is 1.73. The number of rotatable bonds is 3. The van der Waals surface area contributed by atoms with Gasteiger partial charge in [-0.05, 0) is 32.8 Å². The Morgan fingerprint density at radius 3 is 2.72 bits per heavy atom. The topological polar surface area (TPSA) is 78.5 Å². The van der Waals surface area contributed by atoms with Gasteiger partial charge in [0.25, 0.3) is 5.56 Å². The number of aromatic amines is 1. The lowest BCUT2D eigenvalue weighted by Gasteiger charge is -2.40. The Labute approximate surface area is 146 Å². The van der Waals surface area contributed by atoms with E-state index in [9.17, 15) is 9.90 Å². The van der Waals surface area contributed by atoms with Crippen molar-refractivity contribution in [3.05, 3.63) is 33.9 Å². The third kappa shape index (κ3) is 3.13. The van der Waals surface area contributed by atoms with Crippen LogP contribution < -0.4 is 10.5 Å². The number of nitrogens with one attached hydrogen (secondary N) is 1. The molecule has 0 amide bonds. The van der Waals surface area contributed by atoms with Crippen LogP contribution in [0.25, 0.3) is 10.9 Å².